The lowest BCUT2D eigenvalue weighted by molar-refractivity contribution is -0.144. The number of aromatic nitrogens is 2. The highest BCUT2D eigenvalue weighted by molar-refractivity contribution is 5.97. The molecule has 1 aromatic carbocycles. The Morgan fingerprint density at radius 2 is 1.75 bits per heavy atom. The number of alkyl halides is 3. The van der Waals surface area contributed by atoms with E-state index in [2.05, 4.69) is 14.9 Å². The summed E-state index contributed by atoms with van der Waals surface area (Å²) in [7, 11) is 0. The molecule has 2 aliphatic heterocycles. The molecule has 0 unspecified atom stereocenters. The normalized spacial score (nSPS) is 23.4. The number of piperazine rings is 1. The molecule has 32 heavy (non-hydrogen) atoms. The molecule has 4 rings (SSSR count). The van der Waals surface area contributed by atoms with Gasteiger partial charge in [-0.15, -0.1) is 0 Å². The zero-order valence-corrected chi connectivity index (χ0v) is 17.7. The molecule has 2 fully saturated rings. The fourth-order valence-corrected chi connectivity index (χ4v) is 4.53. The third-order valence-electron chi connectivity index (χ3n) is 6.35. The average Bonchev–Trinajstić information content (AvgIpc) is 3.10. The molecule has 0 aliphatic carbocycles. The maximum Gasteiger partial charge on any atom is 0.449 e. The van der Waals surface area contributed by atoms with Crippen LogP contribution in [0.2, 0.25) is 0 Å². The van der Waals surface area contributed by atoms with E-state index >= 15 is 0 Å². The molecular formula is C21H26F3N5O3. The molecule has 11 heteroatoms. The smallest absolute Gasteiger partial charge is 0.391 e. The molecule has 0 spiro atoms. The van der Waals surface area contributed by atoms with Crippen molar-refractivity contribution < 1.29 is 27.9 Å². The van der Waals surface area contributed by atoms with Crippen molar-refractivity contribution in [2.24, 2.45) is 0 Å². The second kappa shape index (κ2) is 8.70. The minimum absolute atomic E-state index is 0.0411. The van der Waals surface area contributed by atoms with Gasteiger partial charge in [0.05, 0.1) is 17.1 Å². The van der Waals surface area contributed by atoms with Gasteiger partial charge >= 0.3 is 6.18 Å². The lowest BCUT2D eigenvalue weighted by Crippen LogP contribution is -2.54. The number of likely N-dealkylation sites (tertiary alicyclic amines) is 1. The van der Waals surface area contributed by atoms with Crippen LogP contribution in [0, 0.1) is 0 Å². The number of nitrogens with zero attached hydrogens (tertiary/aromatic N) is 4. The first kappa shape index (κ1) is 22.5. The number of carbonyl (C=O) groups excluding carboxylic acids is 2. The highest BCUT2D eigenvalue weighted by Crippen LogP contribution is 2.29. The van der Waals surface area contributed by atoms with E-state index in [9.17, 15) is 27.9 Å². The van der Waals surface area contributed by atoms with Crippen LogP contribution in [-0.2, 0) is 11.0 Å². The van der Waals surface area contributed by atoms with Gasteiger partial charge in [-0.1, -0.05) is 0 Å². The molecule has 2 amide bonds. The van der Waals surface area contributed by atoms with Crippen LogP contribution in [0.4, 0.5) is 13.2 Å². The van der Waals surface area contributed by atoms with Crippen molar-refractivity contribution in [3.63, 3.8) is 0 Å². The van der Waals surface area contributed by atoms with Crippen LogP contribution in [-0.4, -0.2) is 93.0 Å². The first-order valence-corrected chi connectivity index (χ1v) is 10.7. The van der Waals surface area contributed by atoms with Gasteiger partial charge in [-0.2, -0.15) is 13.2 Å². The van der Waals surface area contributed by atoms with Crippen molar-refractivity contribution >= 4 is 22.8 Å². The number of benzene rings is 1. The van der Waals surface area contributed by atoms with Crippen LogP contribution < -0.4 is 0 Å². The second-order valence-corrected chi connectivity index (χ2v) is 8.36. The number of aromatic amines is 1. The van der Waals surface area contributed by atoms with E-state index in [1.165, 1.54) is 18.2 Å². The summed E-state index contributed by atoms with van der Waals surface area (Å²) in [5.74, 6) is -1.34. The van der Waals surface area contributed by atoms with E-state index in [1.807, 2.05) is 0 Å². The largest absolute Gasteiger partial charge is 0.449 e. The second-order valence-electron chi connectivity index (χ2n) is 8.36. The lowest BCUT2D eigenvalue weighted by Gasteiger charge is -2.40. The van der Waals surface area contributed by atoms with Crippen LogP contribution in [0.15, 0.2) is 18.2 Å². The summed E-state index contributed by atoms with van der Waals surface area (Å²) in [4.78, 5) is 35.9. The highest BCUT2D eigenvalue weighted by atomic mass is 19.4. The highest BCUT2D eigenvalue weighted by Gasteiger charge is 2.35. The minimum atomic E-state index is -4.59. The Hall–Kier alpha value is -2.66. The minimum Gasteiger partial charge on any atom is -0.391 e. The Labute approximate surface area is 183 Å². The summed E-state index contributed by atoms with van der Waals surface area (Å²) in [6, 6.07) is 4.16. The molecule has 0 bridgehead atoms. The molecule has 2 aromatic rings. The first-order chi connectivity index (χ1) is 15.1. The van der Waals surface area contributed by atoms with Gasteiger partial charge in [0.25, 0.3) is 5.91 Å². The maximum absolute atomic E-state index is 13.0. The number of hydrogen-bond acceptors (Lipinski definition) is 5. The first-order valence-electron chi connectivity index (χ1n) is 10.7. The third kappa shape index (κ3) is 4.58. The summed E-state index contributed by atoms with van der Waals surface area (Å²) in [6.07, 6.45) is -4.19. The van der Waals surface area contributed by atoms with Crippen LogP contribution in [0.5, 0.6) is 0 Å². The number of aliphatic hydroxyl groups excluding tert-OH is 1. The summed E-state index contributed by atoms with van der Waals surface area (Å²) < 4.78 is 38.7. The van der Waals surface area contributed by atoms with Gasteiger partial charge in [0.1, 0.15) is 0 Å². The maximum atomic E-state index is 13.0. The molecule has 2 saturated heterocycles. The molecule has 0 saturated carbocycles. The Balaban J connectivity index is 1.43. The Kier molecular flexibility index (Phi) is 6.13. The number of hydrogen-bond donors (Lipinski definition) is 2. The molecular weight excluding hydrogens is 427 g/mol. The van der Waals surface area contributed by atoms with Gasteiger partial charge in [-0.3, -0.25) is 14.5 Å². The number of rotatable bonds is 2. The van der Waals surface area contributed by atoms with Gasteiger partial charge in [0.15, 0.2) is 0 Å². The molecule has 2 N–H and O–H groups in total. The van der Waals surface area contributed by atoms with Crippen molar-refractivity contribution in [2.45, 2.75) is 38.1 Å². The average molecular weight is 453 g/mol. The van der Waals surface area contributed by atoms with E-state index in [-0.39, 0.29) is 34.5 Å². The van der Waals surface area contributed by atoms with Crippen molar-refractivity contribution in [2.75, 3.05) is 39.3 Å². The van der Waals surface area contributed by atoms with Crippen LogP contribution in [0.25, 0.3) is 11.0 Å². The molecule has 3 heterocycles. The SMILES string of the molecule is CC(=O)N1CCN([C@H]2CCN(C(=O)c3ccc4nc(C(F)(F)F)[nH]c4c3)CC[C@@H]2O)CC1. The quantitative estimate of drug-likeness (QED) is 0.722. The van der Waals surface area contributed by atoms with Crippen molar-refractivity contribution in [1.29, 1.82) is 0 Å². The van der Waals surface area contributed by atoms with Crippen LogP contribution in [0.1, 0.15) is 35.9 Å². The number of nitrogens with one attached hydrogen (secondary N) is 1. The number of H-pyrrole nitrogens is 1. The summed E-state index contributed by atoms with van der Waals surface area (Å²) in [6.45, 7) is 4.92. The van der Waals surface area contributed by atoms with Gasteiger partial charge < -0.3 is 19.9 Å². The standard InChI is InChI=1S/C21H26F3N5O3/c1-13(30)27-8-10-28(11-9-27)17-4-6-29(7-5-18(17)31)19(32)14-2-3-15-16(12-14)26-20(25-15)21(22,23)24/h2-3,12,17-18,31H,4-11H2,1H3,(H,25,26)/t17-,18-/m0/s1. The zero-order chi connectivity index (χ0) is 23.0. The molecule has 174 valence electrons. The fraction of sp³-hybridized carbons (Fsp3) is 0.571. The van der Waals surface area contributed by atoms with Gasteiger partial charge in [0.2, 0.25) is 11.7 Å². The summed E-state index contributed by atoms with van der Waals surface area (Å²) >= 11 is 0. The summed E-state index contributed by atoms with van der Waals surface area (Å²) in [5, 5.41) is 10.7. The Bertz CT molecular complexity index is 1000. The number of fused-ring (bicyclic) bond motifs is 1. The number of amides is 2. The predicted octanol–water partition coefficient (Wildman–Crippen LogP) is 1.71. The lowest BCUT2D eigenvalue weighted by atomic mass is 10.0. The van der Waals surface area contributed by atoms with Gasteiger partial charge in [-0.25, -0.2) is 4.98 Å². The van der Waals surface area contributed by atoms with E-state index in [4.69, 9.17) is 0 Å². The van der Waals surface area contributed by atoms with E-state index in [1.54, 1.807) is 16.7 Å². The Morgan fingerprint density at radius 1 is 1.06 bits per heavy atom. The number of carbonyl (C=O) groups is 2. The van der Waals surface area contributed by atoms with Crippen molar-refractivity contribution in [3.05, 3.63) is 29.6 Å². The van der Waals surface area contributed by atoms with Crippen molar-refractivity contribution in [3.8, 4) is 0 Å². The van der Waals surface area contributed by atoms with Crippen LogP contribution in [0.3, 0.4) is 0 Å². The number of halogens is 3. The fourth-order valence-electron chi connectivity index (χ4n) is 4.53. The predicted molar refractivity (Wildman–Crippen MR) is 110 cm³/mol. The number of aliphatic hydroxyl groups is 1. The van der Waals surface area contributed by atoms with Crippen molar-refractivity contribution in [1.82, 2.24) is 24.7 Å². The van der Waals surface area contributed by atoms with Crippen LogP contribution >= 0.6 is 0 Å². The van der Waals surface area contributed by atoms with E-state index in [0.717, 1.165) is 0 Å². The molecule has 1 aromatic heterocycles. The molecule has 0 radical (unpaired) electrons. The number of imidazole rings is 1. The molecule has 2 atom stereocenters. The molecule has 8 nitrogen and oxygen atoms in total. The van der Waals surface area contributed by atoms with E-state index in [0.29, 0.717) is 52.1 Å². The monoisotopic (exact) mass is 453 g/mol. The third-order valence-corrected chi connectivity index (χ3v) is 6.35. The topological polar surface area (TPSA) is 92.8 Å². The van der Waals surface area contributed by atoms with E-state index < -0.39 is 18.1 Å². The molecule has 2 aliphatic rings. The Morgan fingerprint density at radius 3 is 2.41 bits per heavy atom. The van der Waals surface area contributed by atoms with Gasteiger partial charge in [-0.05, 0) is 31.0 Å². The summed E-state index contributed by atoms with van der Waals surface area (Å²) in [5.41, 5.74) is 0.571. The zero-order valence-electron chi connectivity index (χ0n) is 17.7. The van der Waals surface area contributed by atoms with Gasteiger partial charge in [0, 0.05) is 57.8 Å².